The molecule has 0 aliphatic rings. The monoisotopic (exact) mass is 244 g/mol. The molecule has 78 valence electrons. The van der Waals surface area contributed by atoms with E-state index in [1.54, 1.807) is 6.07 Å². The first kappa shape index (κ1) is 10.4. The van der Waals surface area contributed by atoms with Crippen molar-refractivity contribution in [1.82, 2.24) is 19.7 Å². The molecule has 0 radical (unpaired) electrons. The Morgan fingerprint density at radius 3 is 2.80 bits per heavy atom. The van der Waals surface area contributed by atoms with Gasteiger partial charge in [-0.2, -0.15) is 9.78 Å². The van der Waals surface area contributed by atoms with E-state index in [0.717, 1.165) is 0 Å². The van der Waals surface area contributed by atoms with Gasteiger partial charge in [-0.1, -0.05) is 23.2 Å². The van der Waals surface area contributed by atoms with Gasteiger partial charge in [0.15, 0.2) is 11.6 Å². The van der Waals surface area contributed by atoms with Gasteiger partial charge < -0.3 is 5.11 Å². The number of nitrogens with zero attached hydrogens (tertiary/aromatic N) is 4. The molecule has 2 heterocycles. The molecule has 15 heavy (non-hydrogen) atoms. The van der Waals surface area contributed by atoms with Crippen molar-refractivity contribution in [2.75, 3.05) is 0 Å². The molecule has 5 nitrogen and oxygen atoms in total. The molecule has 0 aromatic carbocycles. The van der Waals surface area contributed by atoms with Crippen LogP contribution in [0.25, 0.3) is 5.82 Å². The molecule has 0 aliphatic heterocycles. The third-order valence-electron chi connectivity index (χ3n) is 1.75. The van der Waals surface area contributed by atoms with E-state index >= 15 is 0 Å². The van der Waals surface area contributed by atoms with Gasteiger partial charge in [-0.3, -0.25) is 0 Å². The number of halogens is 2. The second-order valence-electron chi connectivity index (χ2n) is 2.71. The van der Waals surface area contributed by atoms with Crippen LogP contribution < -0.4 is 0 Å². The second kappa shape index (κ2) is 4.14. The number of pyridine rings is 1. The molecule has 2 rings (SSSR count). The maximum absolute atomic E-state index is 8.99. The van der Waals surface area contributed by atoms with Crippen LogP contribution >= 0.6 is 23.2 Å². The molecule has 0 saturated heterocycles. The molecule has 1 N–H and O–H groups in total. The Balaban J connectivity index is 2.54. The number of rotatable bonds is 2. The summed E-state index contributed by atoms with van der Waals surface area (Å²) < 4.78 is 1.36. The SMILES string of the molecule is OCc1ncnn1-c1ncc(Cl)cc1Cl. The highest BCUT2D eigenvalue weighted by atomic mass is 35.5. The van der Waals surface area contributed by atoms with Gasteiger partial charge in [0.1, 0.15) is 12.9 Å². The minimum absolute atomic E-state index is 0.235. The summed E-state index contributed by atoms with van der Waals surface area (Å²) >= 11 is 11.6. The van der Waals surface area contributed by atoms with E-state index in [1.165, 1.54) is 17.2 Å². The average Bonchev–Trinajstić information content (AvgIpc) is 2.65. The Morgan fingerprint density at radius 2 is 2.13 bits per heavy atom. The van der Waals surface area contributed by atoms with Gasteiger partial charge >= 0.3 is 0 Å². The van der Waals surface area contributed by atoms with E-state index < -0.39 is 0 Å². The van der Waals surface area contributed by atoms with Crippen molar-refractivity contribution >= 4 is 23.2 Å². The largest absolute Gasteiger partial charge is 0.388 e. The van der Waals surface area contributed by atoms with Crippen LogP contribution in [0.2, 0.25) is 10.0 Å². The molecule has 0 atom stereocenters. The van der Waals surface area contributed by atoms with Crippen LogP contribution in [0.5, 0.6) is 0 Å². The number of hydrogen-bond donors (Lipinski definition) is 1. The van der Waals surface area contributed by atoms with Crippen molar-refractivity contribution in [2.24, 2.45) is 0 Å². The number of aliphatic hydroxyl groups is 1. The standard InChI is InChI=1S/C8H6Cl2N4O/c9-5-1-6(10)8(11-2-5)14-7(3-15)12-4-13-14/h1-2,4,15H,3H2. The Labute approximate surface area is 95.3 Å². The van der Waals surface area contributed by atoms with E-state index in [0.29, 0.717) is 21.7 Å². The molecule has 0 fully saturated rings. The molecule has 0 saturated carbocycles. The normalized spacial score (nSPS) is 10.6. The molecular weight excluding hydrogens is 239 g/mol. The van der Waals surface area contributed by atoms with Gasteiger partial charge in [0, 0.05) is 6.20 Å². The van der Waals surface area contributed by atoms with Crippen molar-refractivity contribution in [2.45, 2.75) is 6.61 Å². The first-order chi connectivity index (χ1) is 7.22. The second-order valence-corrected chi connectivity index (χ2v) is 3.55. The summed E-state index contributed by atoms with van der Waals surface area (Å²) in [5, 5.41) is 13.7. The number of hydrogen-bond acceptors (Lipinski definition) is 4. The van der Waals surface area contributed by atoms with Gasteiger partial charge in [-0.05, 0) is 6.07 Å². The molecular formula is C8H6Cl2N4O. The molecule has 0 unspecified atom stereocenters. The van der Waals surface area contributed by atoms with Crippen LogP contribution in [0.3, 0.4) is 0 Å². The van der Waals surface area contributed by atoms with Crippen LogP contribution in [0.4, 0.5) is 0 Å². The summed E-state index contributed by atoms with van der Waals surface area (Å²) in [4.78, 5) is 7.86. The Bertz CT molecular complexity index is 485. The van der Waals surface area contributed by atoms with Crippen molar-refractivity contribution < 1.29 is 5.11 Å². The predicted octanol–water partition coefficient (Wildman–Crippen LogP) is 1.46. The fourth-order valence-electron chi connectivity index (χ4n) is 1.11. The molecule has 2 aromatic heterocycles. The third kappa shape index (κ3) is 1.94. The smallest absolute Gasteiger partial charge is 0.174 e. The zero-order chi connectivity index (χ0) is 10.8. The van der Waals surface area contributed by atoms with Gasteiger partial charge in [-0.15, -0.1) is 0 Å². The van der Waals surface area contributed by atoms with Crippen LogP contribution in [-0.4, -0.2) is 24.9 Å². The predicted molar refractivity (Wildman–Crippen MR) is 55.1 cm³/mol. The average molecular weight is 245 g/mol. The van der Waals surface area contributed by atoms with Gasteiger partial charge in [-0.25, -0.2) is 9.97 Å². The summed E-state index contributed by atoms with van der Waals surface area (Å²) in [6.45, 7) is -0.235. The van der Waals surface area contributed by atoms with Crippen molar-refractivity contribution in [3.8, 4) is 5.82 Å². The minimum atomic E-state index is -0.235. The van der Waals surface area contributed by atoms with E-state index in [4.69, 9.17) is 28.3 Å². The Morgan fingerprint density at radius 1 is 1.33 bits per heavy atom. The van der Waals surface area contributed by atoms with Gasteiger partial charge in [0.25, 0.3) is 0 Å². The summed E-state index contributed by atoms with van der Waals surface area (Å²) in [6, 6.07) is 1.55. The topological polar surface area (TPSA) is 63.8 Å². The zero-order valence-corrected chi connectivity index (χ0v) is 8.94. The van der Waals surface area contributed by atoms with Crippen molar-refractivity contribution in [1.29, 1.82) is 0 Å². The quantitative estimate of drug-likeness (QED) is 0.869. The summed E-state index contributed by atoms with van der Waals surface area (Å²) in [6.07, 6.45) is 2.77. The Hall–Kier alpha value is -1.17. The summed E-state index contributed by atoms with van der Waals surface area (Å²) in [5.74, 6) is 0.759. The van der Waals surface area contributed by atoms with E-state index in [2.05, 4.69) is 15.1 Å². The molecule has 0 spiro atoms. The molecule has 0 aliphatic carbocycles. The lowest BCUT2D eigenvalue weighted by Gasteiger charge is -2.04. The highest BCUT2D eigenvalue weighted by Crippen LogP contribution is 2.21. The minimum Gasteiger partial charge on any atom is -0.388 e. The maximum atomic E-state index is 8.99. The third-order valence-corrected chi connectivity index (χ3v) is 2.23. The summed E-state index contributed by atoms with van der Waals surface area (Å²) in [5.41, 5.74) is 0. The lowest BCUT2D eigenvalue weighted by molar-refractivity contribution is 0.268. The maximum Gasteiger partial charge on any atom is 0.174 e. The van der Waals surface area contributed by atoms with Crippen LogP contribution in [0, 0.1) is 0 Å². The molecule has 0 amide bonds. The highest BCUT2D eigenvalue weighted by Gasteiger charge is 2.10. The highest BCUT2D eigenvalue weighted by molar-refractivity contribution is 6.35. The first-order valence-electron chi connectivity index (χ1n) is 4.03. The fourth-order valence-corrected chi connectivity index (χ4v) is 1.57. The number of aromatic nitrogens is 4. The van der Waals surface area contributed by atoms with E-state index in [-0.39, 0.29) is 6.61 Å². The fraction of sp³-hybridized carbons (Fsp3) is 0.125. The van der Waals surface area contributed by atoms with E-state index in [1.807, 2.05) is 0 Å². The van der Waals surface area contributed by atoms with Gasteiger partial charge in [0.05, 0.1) is 10.0 Å². The molecule has 2 aromatic rings. The Kier molecular flexibility index (Phi) is 2.86. The van der Waals surface area contributed by atoms with E-state index in [9.17, 15) is 0 Å². The lowest BCUT2D eigenvalue weighted by atomic mass is 10.4. The molecule has 0 bridgehead atoms. The lowest BCUT2D eigenvalue weighted by Crippen LogP contribution is -2.05. The van der Waals surface area contributed by atoms with Gasteiger partial charge in [0.2, 0.25) is 0 Å². The number of aliphatic hydroxyl groups excluding tert-OH is 1. The summed E-state index contributed by atoms with van der Waals surface area (Å²) in [7, 11) is 0. The van der Waals surface area contributed by atoms with Crippen LogP contribution in [0.1, 0.15) is 5.82 Å². The van der Waals surface area contributed by atoms with Crippen molar-refractivity contribution in [3.63, 3.8) is 0 Å². The van der Waals surface area contributed by atoms with Crippen LogP contribution in [0.15, 0.2) is 18.6 Å². The van der Waals surface area contributed by atoms with Crippen molar-refractivity contribution in [3.05, 3.63) is 34.5 Å². The first-order valence-corrected chi connectivity index (χ1v) is 4.79. The molecule has 7 heteroatoms. The zero-order valence-electron chi connectivity index (χ0n) is 7.43. The van der Waals surface area contributed by atoms with Crippen LogP contribution in [-0.2, 0) is 6.61 Å².